The first-order valence-electron chi connectivity index (χ1n) is 6.98. The van der Waals surface area contributed by atoms with Gasteiger partial charge in [-0.25, -0.2) is 4.52 Å². The number of pyridine rings is 1. The number of amides is 1. The lowest BCUT2D eigenvalue weighted by atomic mass is 10.2. The molecule has 0 unspecified atom stereocenters. The quantitative estimate of drug-likeness (QED) is 0.797. The van der Waals surface area contributed by atoms with E-state index in [1.54, 1.807) is 16.9 Å². The third kappa shape index (κ3) is 3.65. The Balaban J connectivity index is 1.65. The van der Waals surface area contributed by atoms with Crippen LogP contribution in [0.2, 0.25) is 0 Å². The van der Waals surface area contributed by atoms with E-state index in [9.17, 15) is 18.0 Å². The van der Waals surface area contributed by atoms with Gasteiger partial charge < -0.3 is 10.1 Å². The number of alkyl halides is 3. The Kier molecular flexibility index (Phi) is 4.11. The third-order valence-corrected chi connectivity index (χ3v) is 3.30. The molecule has 3 aromatic rings. The van der Waals surface area contributed by atoms with Crippen molar-refractivity contribution in [1.82, 2.24) is 14.9 Å². The van der Waals surface area contributed by atoms with Gasteiger partial charge in [0.1, 0.15) is 5.75 Å². The van der Waals surface area contributed by atoms with Crippen molar-refractivity contribution < 1.29 is 22.7 Å². The fraction of sp³-hybridized carbons (Fsp3) is 0.125. The van der Waals surface area contributed by atoms with Gasteiger partial charge in [-0.3, -0.25) is 4.79 Å². The fourth-order valence-corrected chi connectivity index (χ4v) is 2.21. The molecule has 5 nitrogen and oxygen atoms in total. The Hall–Kier alpha value is -3.03. The third-order valence-electron chi connectivity index (χ3n) is 3.30. The van der Waals surface area contributed by atoms with Gasteiger partial charge in [-0.05, 0) is 36.4 Å². The van der Waals surface area contributed by atoms with Crippen LogP contribution in [0.5, 0.6) is 5.75 Å². The zero-order valence-corrected chi connectivity index (χ0v) is 12.2. The van der Waals surface area contributed by atoms with Gasteiger partial charge in [0.05, 0.1) is 11.7 Å². The normalized spacial score (nSPS) is 11.5. The largest absolute Gasteiger partial charge is 0.573 e. The molecular formula is C16H12F3N3O2. The summed E-state index contributed by atoms with van der Waals surface area (Å²) in [6.45, 7) is 0.257. The number of hydrogen-bond acceptors (Lipinski definition) is 3. The average Bonchev–Trinajstić information content (AvgIpc) is 2.95. The summed E-state index contributed by atoms with van der Waals surface area (Å²) in [5.41, 5.74) is 1.94. The molecule has 1 aromatic carbocycles. The molecule has 1 amide bonds. The molecule has 2 aromatic heterocycles. The minimum absolute atomic E-state index is 0.237. The molecule has 0 bridgehead atoms. The highest BCUT2D eigenvalue weighted by Gasteiger charge is 2.31. The van der Waals surface area contributed by atoms with Crippen LogP contribution >= 0.6 is 0 Å². The van der Waals surface area contributed by atoms with Gasteiger partial charge in [0.25, 0.3) is 5.91 Å². The van der Waals surface area contributed by atoms with E-state index in [4.69, 9.17) is 0 Å². The van der Waals surface area contributed by atoms with Gasteiger partial charge >= 0.3 is 6.36 Å². The van der Waals surface area contributed by atoms with E-state index in [2.05, 4.69) is 15.2 Å². The van der Waals surface area contributed by atoms with Crippen molar-refractivity contribution in [3.8, 4) is 5.75 Å². The number of hydrogen-bond donors (Lipinski definition) is 1. The SMILES string of the molecule is O=C(NCc1cnn2ccccc12)c1ccc(OC(F)(F)F)cc1. The van der Waals surface area contributed by atoms with Crippen molar-refractivity contribution in [3.05, 3.63) is 66.0 Å². The summed E-state index contributed by atoms with van der Waals surface area (Å²) >= 11 is 0. The minimum Gasteiger partial charge on any atom is -0.406 e. The number of halogens is 3. The van der Waals surface area contributed by atoms with Crippen molar-refractivity contribution in [1.29, 1.82) is 0 Å². The molecule has 0 aliphatic heterocycles. The number of ether oxygens (including phenoxy) is 1. The molecule has 0 fully saturated rings. The van der Waals surface area contributed by atoms with Crippen molar-refractivity contribution in [2.24, 2.45) is 0 Å². The number of aromatic nitrogens is 2. The van der Waals surface area contributed by atoms with E-state index in [-0.39, 0.29) is 17.9 Å². The Morgan fingerprint density at radius 2 is 1.92 bits per heavy atom. The molecule has 0 atom stereocenters. The molecule has 0 aliphatic carbocycles. The van der Waals surface area contributed by atoms with Crippen LogP contribution < -0.4 is 10.1 Å². The lowest BCUT2D eigenvalue weighted by molar-refractivity contribution is -0.274. The molecular weight excluding hydrogens is 323 g/mol. The summed E-state index contributed by atoms with van der Waals surface area (Å²) < 4.78 is 41.7. The highest BCUT2D eigenvalue weighted by Crippen LogP contribution is 2.22. The summed E-state index contributed by atoms with van der Waals surface area (Å²) in [5, 5.41) is 6.86. The second kappa shape index (κ2) is 6.23. The van der Waals surface area contributed by atoms with Gasteiger partial charge in [-0.2, -0.15) is 5.10 Å². The van der Waals surface area contributed by atoms with Crippen molar-refractivity contribution in [3.63, 3.8) is 0 Å². The van der Waals surface area contributed by atoms with E-state index >= 15 is 0 Å². The van der Waals surface area contributed by atoms with Gasteiger partial charge in [0, 0.05) is 23.9 Å². The number of rotatable bonds is 4. The first-order valence-corrected chi connectivity index (χ1v) is 6.98. The van der Waals surface area contributed by atoms with Crippen LogP contribution in [0, 0.1) is 0 Å². The average molecular weight is 335 g/mol. The molecule has 2 heterocycles. The van der Waals surface area contributed by atoms with Crippen molar-refractivity contribution >= 4 is 11.4 Å². The minimum atomic E-state index is -4.76. The first-order chi connectivity index (χ1) is 11.4. The van der Waals surface area contributed by atoms with Gasteiger partial charge in [0.2, 0.25) is 0 Å². The second-order valence-corrected chi connectivity index (χ2v) is 4.96. The van der Waals surface area contributed by atoms with Gasteiger partial charge in [-0.15, -0.1) is 13.2 Å². The lowest BCUT2D eigenvalue weighted by Crippen LogP contribution is -2.22. The molecule has 1 N–H and O–H groups in total. The Morgan fingerprint density at radius 3 is 2.62 bits per heavy atom. The number of nitrogens with zero attached hydrogens (tertiary/aromatic N) is 2. The highest BCUT2D eigenvalue weighted by atomic mass is 19.4. The van der Waals surface area contributed by atoms with Crippen LogP contribution in [0.15, 0.2) is 54.9 Å². The summed E-state index contributed by atoms with van der Waals surface area (Å²) in [5.74, 6) is -0.773. The predicted octanol–water partition coefficient (Wildman–Crippen LogP) is 3.16. The molecule has 0 radical (unpaired) electrons. The smallest absolute Gasteiger partial charge is 0.406 e. The zero-order valence-electron chi connectivity index (χ0n) is 12.2. The maximum absolute atomic E-state index is 12.1. The standard InChI is InChI=1S/C16H12F3N3O2/c17-16(18,19)24-13-6-4-11(5-7-13)15(23)20-9-12-10-21-22-8-2-1-3-14(12)22/h1-8,10H,9H2,(H,20,23). The molecule has 24 heavy (non-hydrogen) atoms. The Labute approximate surface area is 134 Å². The lowest BCUT2D eigenvalue weighted by Gasteiger charge is -2.09. The van der Waals surface area contributed by atoms with Crippen LogP contribution in [-0.4, -0.2) is 21.9 Å². The monoisotopic (exact) mass is 335 g/mol. The van der Waals surface area contributed by atoms with Gasteiger partial charge in [-0.1, -0.05) is 6.07 Å². The number of benzene rings is 1. The molecule has 0 saturated heterocycles. The Bertz CT molecular complexity index is 857. The van der Waals surface area contributed by atoms with Crippen LogP contribution in [-0.2, 0) is 6.54 Å². The molecule has 0 saturated carbocycles. The van der Waals surface area contributed by atoms with Crippen LogP contribution in [0.4, 0.5) is 13.2 Å². The van der Waals surface area contributed by atoms with E-state index in [0.29, 0.717) is 0 Å². The van der Waals surface area contributed by atoms with E-state index in [1.807, 2.05) is 18.2 Å². The predicted molar refractivity (Wildman–Crippen MR) is 79.5 cm³/mol. The van der Waals surface area contributed by atoms with Gasteiger partial charge in [0.15, 0.2) is 0 Å². The molecule has 0 spiro atoms. The van der Waals surface area contributed by atoms with Crippen LogP contribution in [0.1, 0.15) is 15.9 Å². The summed E-state index contributed by atoms with van der Waals surface area (Å²) in [6, 6.07) is 10.3. The van der Waals surface area contributed by atoms with E-state index in [1.165, 1.54) is 12.1 Å². The number of carbonyl (C=O) groups is 1. The maximum Gasteiger partial charge on any atom is 0.573 e. The van der Waals surface area contributed by atoms with E-state index in [0.717, 1.165) is 23.2 Å². The maximum atomic E-state index is 12.1. The fourth-order valence-electron chi connectivity index (χ4n) is 2.21. The summed E-state index contributed by atoms with van der Waals surface area (Å²) in [4.78, 5) is 12.1. The molecule has 0 aliphatic rings. The van der Waals surface area contributed by atoms with Crippen LogP contribution in [0.25, 0.3) is 5.52 Å². The number of carbonyl (C=O) groups excluding carboxylic acids is 1. The van der Waals surface area contributed by atoms with Crippen molar-refractivity contribution in [2.45, 2.75) is 12.9 Å². The zero-order chi connectivity index (χ0) is 17.2. The summed E-state index contributed by atoms with van der Waals surface area (Å²) in [6.07, 6.45) is -1.32. The molecule has 124 valence electrons. The van der Waals surface area contributed by atoms with Crippen LogP contribution in [0.3, 0.4) is 0 Å². The second-order valence-electron chi connectivity index (χ2n) is 4.96. The first kappa shape index (κ1) is 15.9. The summed E-state index contributed by atoms with van der Waals surface area (Å²) in [7, 11) is 0. The highest BCUT2D eigenvalue weighted by molar-refractivity contribution is 5.94. The number of nitrogens with one attached hydrogen (secondary N) is 1. The molecule has 3 rings (SSSR count). The molecule has 8 heteroatoms. The van der Waals surface area contributed by atoms with Crippen molar-refractivity contribution in [2.75, 3.05) is 0 Å². The topological polar surface area (TPSA) is 55.6 Å². The van der Waals surface area contributed by atoms with E-state index < -0.39 is 12.3 Å². The number of fused-ring (bicyclic) bond motifs is 1. The Morgan fingerprint density at radius 1 is 1.17 bits per heavy atom.